The Morgan fingerprint density at radius 3 is 2.60 bits per heavy atom. The summed E-state index contributed by atoms with van der Waals surface area (Å²) in [4.78, 5) is 41.1. The maximum atomic E-state index is 13.4. The van der Waals surface area contributed by atoms with E-state index < -0.39 is 11.4 Å². The van der Waals surface area contributed by atoms with Gasteiger partial charge < -0.3 is 33.8 Å². The van der Waals surface area contributed by atoms with Crippen molar-refractivity contribution >= 4 is 51.6 Å². The van der Waals surface area contributed by atoms with Gasteiger partial charge in [0.15, 0.2) is 0 Å². The second-order valence-electron chi connectivity index (χ2n) is 12.1. The molecule has 0 spiro atoms. The van der Waals surface area contributed by atoms with Crippen molar-refractivity contribution in [1.29, 1.82) is 0 Å². The molecule has 0 bridgehead atoms. The lowest BCUT2D eigenvalue weighted by molar-refractivity contribution is 0.0695. The van der Waals surface area contributed by atoms with Crippen LogP contribution in [0.15, 0.2) is 53.6 Å². The van der Waals surface area contributed by atoms with Crippen molar-refractivity contribution in [3.63, 3.8) is 0 Å². The topological polar surface area (TPSA) is 113 Å². The Bertz CT molecular complexity index is 1860. The van der Waals surface area contributed by atoms with Gasteiger partial charge in [0.2, 0.25) is 17.2 Å². The molecule has 0 amide bonds. The quantitative estimate of drug-likeness (QED) is 0.276. The lowest BCUT2D eigenvalue weighted by Gasteiger charge is -2.43. The van der Waals surface area contributed by atoms with Gasteiger partial charge in [-0.1, -0.05) is 23.2 Å². The predicted octanol–water partition coefficient (Wildman–Crippen LogP) is 4.59. The highest BCUT2D eigenvalue weighted by atomic mass is 35.5. The number of aromatic carboxylic acids is 1. The Morgan fingerprint density at radius 2 is 1.91 bits per heavy atom. The molecular formula is C32H32Cl2N6O5. The second-order valence-corrected chi connectivity index (χ2v) is 12.9. The molecule has 45 heavy (non-hydrogen) atoms. The molecule has 0 radical (unpaired) electrons. The van der Waals surface area contributed by atoms with Crippen LogP contribution >= 0.6 is 23.2 Å². The molecule has 234 valence electrons. The summed E-state index contributed by atoms with van der Waals surface area (Å²) in [7, 11) is 5.66. The van der Waals surface area contributed by atoms with Crippen LogP contribution in [0.5, 0.6) is 11.8 Å². The fourth-order valence-electron chi connectivity index (χ4n) is 6.45. The van der Waals surface area contributed by atoms with E-state index in [4.69, 9.17) is 32.7 Å². The summed E-state index contributed by atoms with van der Waals surface area (Å²) in [5.74, 6) is 0.735. The number of halogens is 2. The fourth-order valence-corrected chi connectivity index (χ4v) is 6.88. The van der Waals surface area contributed by atoms with Crippen LogP contribution in [-0.4, -0.2) is 89.5 Å². The summed E-state index contributed by atoms with van der Waals surface area (Å²) in [5.41, 5.74) is 0.990. The molecule has 3 atom stereocenters. The van der Waals surface area contributed by atoms with Crippen molar-refractivity contribution in [3.8, 4) is 17.4 Å². The molecule has 3 fully saturated rings. The molecule has 4 aromatic rings. The molecule has 2 saturated heterocycles. The maximum Gasteiger partial charge on any atom is 0.341 e. The fraction of sp³-hybridized carbons (Fsp3) is 0.375. The number of nitrogens with zero attached hydrogens (tertiary/aromatic N) is 6. The van der Waals surface area contributed by atoms with Gasteiger partial charge >= 0.3 is 5.97 Å². The molecule has 13 heteroatoms. The number of hydrogen-bond acceptors (Lipinski definition) is 9. The summed E-state index contributed by atoms with van der Waals surface area (Å²) in [6.45, 7) is 2.09. The van der Waals surface area contributed by atoms with Gasteiger partial charge in [0.1, 0.15) is 23.0 Å². The molecule has 1 N–H and O–H groups in total. The number of methoxy groups -OCH3 is 1. The number of aromatic nitrogens is 3. The SMILES string of the molecule is COc1ccc(Cl)c(OC[C@H]2C[C@@H]3C[C@@H]3N2c2cc3c(cc2Cl)c(=O)c(C(=O)O)cn3-c2ccc(N3CC(N(C)C)C3)nc2)n1. The number of carbonyl (C=O) groups is 1. The average molecular weight is 652 g/mol. The van der Waals surface area contributed by atoms with Gasteiger partial charge in [0.25, 0.3) is 0 Å². The standard InChI is InChI=1S/C32H32Cl2N6O5/c1-37(2)20-13-38(14-20)28-6-4-18(12-35-28)39-15-22(32(42)43)30(41)21-10-24(34)27(11-26(21)39)40-19(8-17-9-25(17)40)16-45-31-23(33)5-7-29(36-31)44-3/h4-7,10-12,15,17,19-20,25H,8-9,13-14,16H2,1-3H3,(H,42,43)/t17-,19-,25+/m1/s1. The van der Waals surface area contributed by atoms with Crippen molar-refractivity contribution in [2.45, 2.75) is 31.0 Å². The number of likely N-dealkylation sites (N-methyl/N-ethyl adjacent to an activating group) is 1. The van der Waals surface area contributed by atoms with Crippen LogP contribution < -0.4 is 24.7 Å². The predicted molar refractivity (Wildman–Crippen MR) is 173 cm³/mol. The molecule has 3 aromatic heterocycles. The first-order valence-corrected chi connectivity index (χ1v) is 15.5. The number of piperidine rings is 1. The van der Waals surface area contributed by atoms with Gasteiger partial charge in [-0.25, -0.2) is 9.78 Å². The minimum absolute atomic E-state index is 0.0188. The van der Waals surface area contributed by atoms with Crippen LogP contribution in [0.1, 0.15) is 23.2 Å². The van der Waals surface area contributed by atoms with E-state index in [-0.39, 0.29) is 23.0 Å². The third kappa shape index (κ3) is 5.32. The molecule has 7 rings (SSSR count). The number of carboxylic acid groups (broad SMARTS) is 1. The molecule has 3 aliphatic rings. The number of hydrogen-bond donors (Lipinski definition) is 1. The van der Waals surface area contributed by atoms with Crippen LogP contribution in [0.4, 0.5) is 11.5 Å². The molecule has 5 heterocycles. The zero-order chi connectivity index (χ0) is 31.6. The lowest BCUT2D eigenvalue weighted by Crippen LogP contribution is -2.57. The van der Waals surface area contributed by atoms with Gasteiger partial charge in [0, 0.05) is 42.8 Å². The summed E-state index contributed by atoms with van der Waals surface area (Å²) in [6, 6.07) is 11.4. The molecule has 1 saturated carbocycles. The van der Waals surface area contributed by atoms with Crippen LogP contribution in [0.2, 0.25) is 10.0 Å². The van der Waals surface area contributed by atoms with Gasteiger partial charge in [-0.3, -0.25) is 4.79 Å². The van der Waals surface area contributed by atoms with Gasteiger partial charge in [-0.05, 0) is 63.2 Å². The molecule has 2 aliphatic heterocycles. The largest absolute Gasteiger partial charge is 0.481 e. The first-order chi connectivity index (χ1) is 21.6. The zero-order valence-electron chi connectivity index (χ0n) is 25.0. The average Bonchev–Trinajstić information content (AvgIpc) is 3.66. The van der Waals surface area contributed by atoms with Crippen LogP contribution in [0.25, 0.3) is 16.6 Å². The number of rotatable bonds is 9. The van der Waals surface area contributed by atoms with Crippen LogP contribution in [0.3, 0.4) is 0 Å². The smallest absolute Gasteiger partial charge is 0.341 e. The molecule has 1 aliphatic carbocycles. The van der Waals surface area contributed by atoms with Crippen molar-refractivity contribution in [2.75, 3.05) is 50.7 Å². The molecule has 11 nitrogen and oxygen atoms in total. The minimum Gasteiger partial charge on any atom is -0.481 e. The van der Waals surface area contributed by atoms with Crippen molar-refractivity contribution < 1.29 is 19.4 Å². The zero-order valence-corrected chi connectivity index (χ0v) is 26.5. The highest BCUT2D eigenvalue weighted by molar-refractivity contribution is 6.34. The van der Waals surface area contributed by atoms with E-state index in [1.165, 1.54) is 13.3 Å². The first-order valence-electron chi connectivity index (χ1n) is 14.7. The number of benzene rings is 1. The maximum absolute atomic E-state index is 13.4. The molecule has 0 unspecified atom stereocenters. The van der Waals surface area contributed by atoms with Gasteiger partial charge in [0.05, 0.1) is 41.3 Å². The third-order valence-corrected chi connectivity index (χ3v) is 9.72. The normalized spacial score (nSPS) is 20.8. The number of anilines is 2. The Labute approximate surface area is 269 Å². The van der Waals surface area contributed by atoms with E-state index >= 15 is 0 Å². The number of fused-ring (bicyclic) bond motifs is 2. The first kappa shape index (κ1) is 29.6. The van der Waals surface area contributed by atoms with E-state index in [2.05, 4.69) is 38.8 Å². The number of pyridine rings is 3. The highest BCUT2D eigenvalue weighted by Gasteiger charge is 2.52. The van der Waals surface area contributed by atoms with Crippen LogP contribution in [0, 0.1) is 5.92 Å². The van der Waals surface area contributed by atoms with Gasteiger partial charge in [-0.15, -0.1) is 0 Å². The Morgan fingerprint density at radius 1 is 1.11 bits per heavy atom. The lowest BCUT2D eigenvalue weighted by atomic mass is 10.1. The third-order valence-electron chi connectivity index (χ3n) is 9.13. The summed E-state index contributed by atoms with van der Waals surface area (Å²) >= 11 is 13.2. The second kappa shape index (κ2) is 11.4. The monoisotopic (exact) mass is 650 g/mol. The molecular weight excluding hydrogens is 619 g/mol. The van der Waals surface area contributed by atoms with Crippen molar-refractivity contribution in [3.05, 3.63) is 74.6 Å². The van der Waals surface area contributed by atoms with Crippen LogP contribution in [-0.2, 0) is 0 Å². The number of ether oxygens (including phenoxy) is 2. The van der Waals surface area contributed by atoms with E-state index in [0.29, 0.717) is 51.6 Å². The minimum atomic E-state index is -1.31. The van der Waals surface area contributed by atoms with E-state index in [1.54, 1.807) is 29.0 Å². The van der Waals surface area contributed by atoms with Gasteiger partial charge in [-0.2, -0.15) is 4.98 Å². The molecule has 1 aromatic carbocycles. The van der Waals surface area contributed by atoms with Crippen molar-refractivity contribution in [2.24, 2.45) is 5.92 Å². The summed E-state index contributed by atoms with van der Waals surface area (Å²) < 4.78 is 13.0. The summed E-state index contributed by atoms with van der Waals surface area (Å²) in [6.07, 6.45) is 5.01. The number of carboxylic acids is 1. The summed E-state index contributed by atoms with van der Waals surface area (Å²) in [5, 5.41) is 10.9. The Kier molecular flexibility index (Phi) is 7.50. The van der Waals surface area contributed by atoms with E-state index in [0.717, 1.165) is 37.4 Å². The van der Waals surface area contributed by atoms with E-state index in [9.17, 15) is 14.7 Å². The Balaban J connectivity index is 1.25. The Hall–Kier alpha value is -4.06. The van der Waals surface area contributed by atoms with E-state index in [1.807, 2.05) is 18.2 Å². The highest BCUT2D eigenvalue weighted by Crippen LogP contribution is 2.51. The van der Waals surface area contributed by atoms with Crippen molar-refractivity contribution in [1.82, 2.24) is 19.4 Å².